The number of imidazole rings is 1. The first kappa shape index (κ1) is 14.4. The lowest BCUT2D eigenvalue weighted by Crippen LogP contribution is -2.06. The number of fused-ring (bicyclic) bond motifs is 1. The zero-order valence-electron chi connectivity index (χ0n) is 11.7. The van der Waals surface area contributed by atoms with Gasteiger partial charge in [-0.15, -0.1) is 11.6 Å². The Balaban J connectivity index is 1.92. The number of alkyl halides is 1. The minimum atomic E-state index is 0.363. The molecule has 108 valence electrons. The fourth-order valence-corrected chi connectivity index (χ4v) is 2.83. The fourth-order valence-electron chi connectivity index (χ4n) is 2.48. The van der Waals surface area contributed by atoms with Crippen LogP contribution >= 0.6 is 23.2 Å². The fraction of sp³-hybridized carbons (Fsp3) is 0.250. The lowest BCUT2D eigenvalue weighted by Gasteiger charge is -2.07. The van der Waals surface area contributed by atoms with Crippen LogP contribution in [0.15, 0.2) is 36.5 Å². The van der Waals surface area contributed by atoms with Crippen LogP contribution in [0.5, 0.6) is 0 Å². The van der Waals surface area contributed by atoms with Crippen molar-refractivity contribution < 1.29 is 0 Å². The van der Waals surface area contributed by atoms with Gasteiger partial charge in [-0.05, 0) is 25.0 Å². The highest BCUT2D eigenvalue weighted by Crippen LogP contribution is 2.20. The highest BCUT2D eigenvalue weighted by atomic mass is 35.5. The molecule has 3 nitrogen and oxygen atoms in total. The SMILES string of the molecule is Cc1cccc(CCn2c(CCl)nc3cc(Cl)cnc32)c1. The van der Waals surface area contributed by atoms with E-state index in [-0.39, 0.29) is 0 Å². The maximum Gasteiger partial charge on any atom is 0.160 e. The molecule has 0 amide bonds. The van der Waals surface area contributed by atoms with E-state index in [0.717, 1.165) is 30.0 Å². The van der Waals surface area contributed by atoms with Crippen molar-refractivity contribution in [3.63, 3.8) is 0 Å². The van der Waals surface area contributed by atoms with Crippen molar-refractivity contribution in [1.29, 1.82) is 0 Å². The summed E-state index contributed by atoms with van der Waals surface area (Å²) in [7, 11) is 0. The van der Waals surface area contributed by atoms with Gasteiger partial charge in [0, 0.05) is 12.7 Å². The molecule has 21 heavy (non-hydrogen) atoms. The average Bonchev–Trinajstić information content (AvgIpc) is 2.82. The van der Waals surface area contributed by atoms with Crippen molar-refractivity contribution in [1.82, 2.24) is 14.5 Å². The summed E-state index contributed by atoms with van der Waals surface area (Å²) in [5, 5.41) is 0.590. The molecule has 0 N–H and O–H groups in total. The number of hydrogen-bond donors (Lipinski definition) is 0. The van der Waals surface area contributed by atoms with Crippen LogP contribution in [0.4, 0.5) is 0 Å². The molecule has 5 heteroatoms. The van der Waals surface area contributed by atoms with Crippen LogP contribution in [-0.2, 0) is 18.8 Å². The number of hydrogen-bond acceptors (Lipinski definition) is 2. The maximum atomic E-state index is 6.01. The van der Waals surface area contributed by atoms with E-state index in [1.807, 2.05) is 6.07 Å². The summed E-state index contributed by atoms with van der Waals surface area (Å²) in [5.41, 5.74) is 4.20. The summed E-state index contributed by atoms with van der Waals surface area (Å²) in [6, 6.07) is 10.3. The summed E-state index contributed by atoms with van der Waals surface area (Å²) >= 11 is 12.0. The van der Waals surface area contributed by atoms with Gasteiger partial charge in [-0.1, -0.05) is 41.4 Å². The standard InChI is InChI=1S/C16H15Cl2N3/c1-11-3-2-4-12(7-11)5-6-21-15(9-17)20-14-8-13(18)10-19-16(14)21/h2-4,7-8,10H,5-6,9H2,1H3. The summed E-state index contributed by atoms with van der Waals surface area (Å²) in [4.78, 5) is 8.89. The van der Waals surface area contributed by atoms with E-state index in [1.165, 1.54) is 11.1 Å². The first-order chi connectivity index (χ1) is 10.2. The van der Waals surface area contributed by atoms with Crippen LogP contribution in [-0.4, -0.2) is 14.5 Å². The number of halogens is 2. The van der Waals surface area contributed by atoms with E-state index < -0.39 is 0 Å². The van der Waals surface area contributed by atoms with Gasteiger partial charge in [-0.3, -0.25) is 0 Å². The number of pyridine rings is 1. The summed E-state index contributed by atoms with van der Waals surface area (Å²) < 4.78 is 2.07. The monoisotopic (exact) mass is 319 g/mol. The zero-order valence-corrected chi connectivity index (χ0v) is 13.2. The van der Waals surface area contributed by atoms with E-state index in [0.29, 0.717) is 10.9 Å². The maximum absolute atomic E-state index is 6.01. The second kappa shape index (κ2) is 6.04. The highest BCUT2D eigenvalue weighted by molar-refractivity contribution is 6.31. The Hall–Kier alpha value is -1.58. The van der Waals surface area contributed by atoms with Gasteiger partial charge in [0.15, 0.2) is 5.65 Å². The van der Waals surface area contributed by atoms with Gasteiger partial charge in [0.1, 0.15) is 11.3 Å². The van der Waals surface area contributed by atoms with Gasteiger partial charge in [0.05, 0.1) is 10.9 Å². The lowest BCUT2D eigenvalue weighted by atomic mass is 10.1. The molecule has 0 saturated carbocycles. The molecule has 0 fully saturated rings. The molecule has 0 aliphatic carbocycles. The molecule has 0 unspecified atom stereocenters. The molecule has 0 spiro atoms. The number of aryl methyl sites for hydroxylation is 3. The van der Waals surface area contributed by atoms with Crippen LogP contribution in [0.2, 0.25) is 5.02 Å². The Morgan fingerprint density at radius 1 is 1.24 bits per heavy atom. The van der Waals surface area contributed by atoms with Gasteiger partial charge < -0.3 is 4.57 Å². The topological polar surface area (TPSA) is 30.7 Å². The Kier molecular flexibility index (Phi) is 4.13. The first-order valence-electron chi connectivity index (χ1n) is 6.79. The Morgan fingerprint density at radius 3 is 2.86 bits per heavy atom. The molecule has 3 aromatic rings. The van der Waals surface area contributed by atoms with Crippen LogP contribution in [0.1, 0.15) is 17.0 Å². The van der Waals surface area contributed by atoms with E-state index >= 15 is 0 Å². The molecule has 0 aliphatic heterocycles. The van der Waals surface area contributed by atoms with Gasteiger partial charge in [0.25, 0.3) is 0 Å². The van der Waals surface area contributed by atoms with Crippen LogP contribution in [0.25, 0.3) is 11.2 Å². The van der Waals surface area contributed by atoms with Crippen LogP contribution in [0, 0.1) is 6.92 Å². The highest BCUT2D eigenvalue weighted by Gasteiger charge is 2.11. The molecular formula is C16H15Cl2N3. The Labute approximate surface area is 133 Å². The Morgan fingerprint density at radius 2 is 2.10 bits per heavy atom. The molecule has 0 aliphatic rings. The molecule has 2 heterocycles. The van der Waals surface area contributed by atoms with Gasteiger partial charge >= 0.3 is 0 Å². The van der Waals surface area contributed by atoms with E-state index in [2.05, 4.69) is 45.7 Å². The number of aromatic nitrogens is 3. The van der Waals surface area contributed by atoms with Crippen molar-refractivity contribution in [3.8, 4) is 0 Å². The largest absolute Gasteiger partial charge is 0.311 e. The second-order valence-corrected chi connectivity index (χ2v) is 5.75. The number of rotatable bonds is 4. The third kappa shape index (κ3) is 3.04. The molecular weight excluding hydrogens is 305 g/mol. The van der Waals surface area contributed by atoms with E-state index in [4.69, 9.17) is 23.2 Å². The molecule has 2 aromatic heterocycles. The molecule has 0 radical (unpaired) electrons. The normalized spacial score (nSPS) is 11.2. The summed E-state index contributed by atoms with van der Waals surface area (Å²) in [5.74, 6) is 1.19. The molecule has 0 bridgehead atoms. The van der Waals surface area contributed by atoms with Gasteiger partial charge in [-0.2, -0.15) is 0 Å². The van der Waals surface area contributed by atoms with Crippen LogP contribution in [0.3, 0.4) is 0 Å². The lowest BCUT2D eigenvalue weighted by molar-refractivity contribution is 0.682. The van der Waals surface area contributed by atoms with Crippen LogP contribution < -0.4 is 0 Å². The van der Waals surface area contributed by atoms with E-state index in [9.17, 15) is 0 Å². The first-order valence-corrected chi connectivity index (χ1v) is 7.71. The van der Waals surface area contributed by atoms with Crippen molar-refractivity contribution in [2.24, 2.45) is 0 Å². The molecule has 3 rings (SSSR count). The summed E-state index contributed by atoms with van der Waals surface area (Å²) in [6.07, 6.45) is 2.56. The third-order valence-electron chi connectivity index (χ3n) is 3.46. The number of benzene rings is 1. The van der Waals surface area contributed by atoms with Crippen molar-refractivity contribution >= 4 is 34.4 Å². The zero-order chi connectivity index (χ0) is 14.8. The number of nitrogens with zero attached hydrogens (tertiary/aromatic N) is 3. The minimum Gasteiger partial charge on any atom is -0.311 e. The minimum absolute atomic E-state index is 0.363. The molecule has 0 saturated heterocycles. The molecule has 1 aromatic carbocycles. The third-order valence-corrected chi connectivity index (χ3v) is 3.90. The predicted octanol–water partition coefficient (Wildman–Crippen LogP) is 4.37. The van der Waals surface area contributed by atoms with E-state index in [1.54, 1.807) is 6.20 Å². The van der Waals surface area contributed by atoms with Gasteiger partial charge in [0.2, 0.25) is 0 Å². The molecule has 0 atom stereocenters. The van der Waals surface area contributed by atoms with Gasteiger partial charge in [-0.25, -0.2) is 9.97 Å². The quantitative estimate of drug-likeness (QED) is 0.668. The van der Waals surface area contributed by atoms with Crippen molar-refractivity contribution in [2.75, 3.05) is 0 Å². The van der Waals surface area contributed by atoms with Crippen molar-refractivity contribution in [2.45, 2.75) is 25.8 Å². The summed E-state index contributed by atoms with van der Waals surface area (Å²) in [6.45, 7) is 2.90. The average molecular weight is 320 g/mol. The Bertz CT molecular complexity index is 780. The second-order valence-electron chi connectivity index (χ2n) is 5.05. The smallest absolute Gasteiger partial charge is 0.160 e. The van der Waals surface area contributed by atoms with Crippen molar-refractivity contribution in [3.05, 3.63) is 58.5 Å². The predicted molar refractivity (Wildman–Crippen MR) is 87.0 cm³/mol.